The number of aromatic nitrogens is 2. The van der Waals surface area contributed by atoms with Gasteiger partial charge in [0.1, 0.15) is 16.8 Å². The highest BCUT2D eigenvalue weighted by Crippen LogP contribution is 2.05. The van der Waals surface area contributed by atoms with Crippen molar-refractivity contribution in [1.29, 1.82) is 0 Å². The molecule has 0 aliphatic rings. The maximum Gasteiger partial charge on any atom is 0.224 e. The van der Waals surface area contributed by atoms with Gasteiger partial charge < -0.3 is 0 Å². The second kappa shape index (κ2) is 3.64. The van der Waals surface area contributed by atoms with Crippen molar-refractivity contribution in [2.75, 3.05) is 11.0 Å². The Morgan fingerprint density at radius 1 is 1.73 bits per heavy atom. The molecule has 1 atom stereocenters. The summed E-state index contributed by atoms with van der Waals surface area (Å²) in [6.45, 7) is 0. The Bertz CT molecular complexity index is 280. The Hall–Kier alpha value is -0.680. The highest BCUT2D eigenvalue weighted by Gasteiger charge is 1.95. The molecule has 1 rings (SSSR count). The predicted molar refractivity (Wildman–Crippen MR) is 44.7 cm³/mol. The number of nitrogens with zero attached hydrogens (tertiary/aromatic N) is 2. The van der Waals surface area contributed by atoms with Crippen molar-refractivity contribution in [3.05, 3.63) is 17.5 Å². The Balaban J connectivity index is 2.79. The van der Waals surface area contributed by atoms with Gasteiger partial charge in [0.15, 0.2) is 0 Å². The molecule has 1 aromatic heterocycles. The van der Waals surface area contributed by atoms with Gasteiger partial charge in [-0.25, -0.2) is 9.19 Å². The SMILES string of the molecule is CS(=O)Nc1ccnc(Cl)n1. The van der Waals surface area contributed by atoms with E-state index in [0.29, 0.717) is 5.82 Å². The van der Waals surface area contributed by atoms with E-state index in [-0.39, 0.29) is 5.28 Å². The normalized spacial score (nSPS) is 12.5. The zero-order chi connectivity index (χ0) is 8.27. The maximum atomic E-state index is 10.6. The van der Waals surface area contributed by atoms with E-state index >= 15 is 0 Å². The number of nitrogens with one attached hydrogen (secondary N) is 1. The molecule has 6 heteroatoms. The fourth-order valence-electron chi connectivity index (χ4n) is 0.539. The molecule has 0 aliphatic heterocycles. The van der Waals surface area contributed by atoms with Crippen LogP contribution in [0, 0.1) is 0 Å². The average Bonchev–Trinajstić information content (AvgIpc) is 1.85. The monoisotopic (exact) mass is 191 g/mol. The molecule has 0 fully saturated rings. The van der Waals surface area contributed by atoms with Crippen molar-refractivity contribution in [3.8, 4) is 0 Å². The summed E-state index contributed by atoms with van der Waals surface area (Å²) in [5, 5.41) is 0.139. The molecular weight excluding hydrogens is 186 g/mol. The van der Waals surface area contributed by atoms with E-state index in [2.05, 4.69) is 14.7 Å². The zero-order valence-corrected chi connectivity index (χ0v) is 7.32. The molecule has 11 heavy (non-hydrogen) atoms. The molecule has 1 N–H and O–H groups in total. The van der Waals surface area contributed by atoms with Gasteiger partial charge in [0, 0.05) is 12.5 Å². The fourth-order valence-corrected chi connectivity index (χ4v) is 1.09. The second-order valence-electron chi connectivity index (χ2n) is 1.77. The zero-order valence-electron chi connectivity index (χ0n) is 5.74. The Labute approximate surface area is 71.6 Å². The van der Waals surface area contributed by atoms with E-state index in [9.17, 15) is 4.21 Å². The molecule has 0 aromatic carbocycles. The summed E-state index contributed by atoms with van der Waals surface area (Å²) >= 11 is 5.47. The summed E-state index contributed by atoms with van der Waals surface area (Å²) in [6.07, 6.45) is 3.00. The van der Waals surface area contributed by atoms with E-state index in [4.69, 9.17) is 11.6 Å². The van der Waals surface area contributed by atoms with Gasteiger partial charge in [-0.05, 0) is 17.7 Å². The first kappa shape index (κ1) is 8.42. The Morgan fingerprint density at radius 2 is 2.45 bits per heavy atom. The van der Waals surface area contributed by atoms with Crippen LogP contribution in [0.5, 0.6) is 0 Å². The van der Waals surface area contributed by atoms with E-state index in [1.54, 1.807) is 6.07 Å². The molecule has 0 saturated heterocycles. The quantitative estimate of drug-likeness (QED) is 0.705. The number of hydrogen-bond acceptors (Lipinski definition) is 3. The van der Waals surface area contributed by atoms with Gasteiger partial charge in [-0.2, -0.15) is 4.98 Å². The second-order valence-corrected chi connectivity index (χ2v) is 3.22. The van der Waals surface area contributed by atoms with Gasteiger partial charge in [0.05, 0.1) is 0 Å². The lowest BCUT2D eigenvalue weighted by Crippen LogP contribution is -2.03. The Kier molecular flexibility index (Phi) is 2.78. The number of hydrogen-bond donors (Lipinski definition) is 1. The van der Waals surface area contributed by atoms with Crippen LogP contribution >= 0.6 is 11.6 Å². The van der Waals surface area contributed by atoms with Gasteiger partial charge >= 0.3 is 0 Å². The molecule has 0 aliphatic carbocycles. The van der Waals surface area contributed by atoms with Crippen LogP contribution in [0.1, 0.15) is 0 Å². The van der Waals surface area contributed by atoms with Crippen molar-refractivity contribution in [2.45, 2.75) is 0 Å². The summed E-state index contributed by atoms with van der Waals surface area (Å²) in [5.74, 6) is 0.464. The summed E-state index contributed by atoms with van der Waals surface area (Å²) < 4.78 is 13.2. The minimum Gasteiger partial charge on any atom is -0.290 e. The predicted octanol–water partition coefficient (Wildman–Crippen LogP) is 0.835. The van der Waals surface area contributed by atoms with E-state index in [1.807, 2.05) is 0 Å². The maximum absolute atomic E-state index is 10.6. The lowest BCUT2D eigenvalue weighted by Gasteiger charge is -1.98. The lowest BCUT2D eigenvalue weighted by atomic mass is 10.6. The summed E-state index contributed by atoms with van der Waals surface area (Å²) in [7, 11) is -1.12. The van der Waals surface area contributed by atoms with Crippen molar-refractivity contribution in [2.24, 2.45) is 0 Å². The van der Waals surface area contributed by atoms with E-state index < -0.39 is 11.0 Å². The lowest BCUT2D eigenvalue weighted by molar-refractivity contribution is 0.689. The van der Waals surface area contributed by atoms with Gasteiger partial charge in [-0.3, -0.25) is 4.72 Å². The number of rotatable bonds is 2. The molecule has 0 bridgehead atoms. The molecule has 60 valence electrons. The first-order valence-corrected chi connectivity index (χ1v) is 4.71. The molecular formula is C5H6ClN3OS. The molecule has 0 saturated carbocycles. The third-order valence-electron chi connectivity index (χ3n) is 0.874. The standard InChI is InChI=1S/C5H6ClN3OS/c1-11(10)9-4-2-3-7-5(6)8-4/h2-3H,1H3,(H,7,8,9). The van der Waals surface area contributed by atoms with Crippen molar-refractivity contribution in [3.63, 3.8) is 0 Å². The Morgan fingerprint density at radius 3 is 3.00 bits per heavy atom. The largest absolute Gasteiger partial charge is 0.290 e. The number of halogens is 1. The van der Waals surface area contributed by atoms with E-state index in [0.717, 1.165) is 0 Å². The van der Waals surface area contributed by atoms with Crippen LogP contribution in [0.25, 0.3) is 0 Å². The van der Waals surface area contributed by atoms with Crippen LogP contribution in [-0.2, 0) is 11.0 Å². The van der Waals surface area contributed by atoms with Crippen LogP contribution in [0.2, 0.25) is 5.28 Å². The van der Waals surface area contributed by atoms with Crippen molar-refractivity contribution in [1.82, 2.24) is 9.97 Å². The van der Waals surface area contributed by atoms with Gasteiger partial charge in [0.25, 0.3) is 0 Å². The summed E-state index contributed by atoms with van der Waals surface area (Å²) in [4.78, 5) is 7.43. The molecule has 0 amide bonds. The van der Waals surface area contributed by atoms with Crippen LogP contribution in [0.15, 0.2) is 12.3 Å². The first-order valence-electron chi connectivity index (χ1n) is 2.77. The van der Waals surface area contributed by atoms with Gasteiger partial charge in [0.2, 0.25) is 5.28 Å². The molecule has 1 unspecified atom stereocenters. The minimum atomic E-state index is -1.12. The summed E-state index contributed by atoms with van der Waals surface area (Å²) in [6, 6.07) is 1.59. The smallest absolute Gasteiger partial charge is 0.224 e. The highest BCUT2D eigenvalue weighted by atomic mass is 35.5. The third kappa shape index (κ3) is 2.81. The third-order valence-corrected chi connectivity index (χ3v) is 1.55. The van der Waals surface area contributed by atoms with E-state index in [1.165, 1.54) is 12.5 Å². The molecule has 1 aromatic rings. The number of anilines is 1. The minimum absolute atomic E-state index is 0.139. The van der Waals surface area contributed by atoms with Gasteiger partial charge in [-0.15, -0.1) is 0 Å². The molecule has 4 nitrogen and oxygen atoms in total. The van der Waals surface area contributed by atoms with Gasteiger partial charge in [-0.1, -0.05) is 0 Å². The van der Waals surface area contributed by atoms with Crippen molar-refractivity contribution >= 4 is 28.4 Å². The molecule has 0 radical (unpaired) electrons. The topological polar surface area (TPSA) is 54.9 Å². The first-order chi connectivity index (χ1) is 5.18. The van der Waals surface area contributed by atoms with Crippen LogP contribution in [0.4, 0.5) is 5.82 Å². The van der Waals surface area contributed by atoms with Crippen molar-refractivity contribution < 1.29 is 4.21 Å². The van der Waals surface area contributed by atoms with Crippen LogP contribution in [0.3, 0.4) is 0 Å². The molecule has 0 spiro atoms. The summed E-state index contributed by atoms with van der Waals surface area (Å²) in [5.41, 5.74) is 0. The molecule has 1 heterocycles. The fraction of sp³-hybridized carbons (Fsp3) is 0.200. The highest BCUT2D eigenvalue weighted by molar-refractivity contribution is 7.85. The average molecular weight is 192 g/mol. The van der Waals surface area contributed by atoms with Crippen LogP contribution < -0.4 is 4.72 Å². The van der Waals surface area contributed by atoms with Crippen LogP contribution in [-0.4, -0.2) is 20.4 Å².